The predicted octanol–water partition coefficient (Wildman–Crippen LogP) is 4.36. The minimum Gasteiger partial charge on any atom is -0.340 e. The zero-order valence-corrected chi connectivity index (χ0v) is 9.47. The molecule has 0 aliphatic rings. The predicted molar refractivity (Wildman–Crippen MR) is 53.9 cm³/mol. The van der Waals surface area contributed by atoms with Gasteiger partial charge in [0.1, 0.15) is 10.3 Å². The third-order valence-corrected chi connectivity index (χ3v) is 3.25. The molecule has 0 saturated carbocycles. The second-order valence-electron chi connectivity index (χ2n) is 2.30. The van der Waals surface area contributed by atoms with Crippen molar-refractivity contribution in [2.24, 2.45) is 0 Å². The number of hydrogen-bond acceptors (Lipinski definition) is 2. The number of alkyl halides is 3. The fourth-order valence-corrected chi connectivity index (χ4v) is 1.67. The van der Waals surface area contributed by atoms with Crippen LogP contribution in [0.5, 0.6) is 0 Å². The normalized spacial score (nSPS) is 11.9. The highest BCUT2D eigenvalue weighted by atomic mass is 35.5. The van der Waals surface area contributed by atoms with E-state index in [0.717, 1.165) is 0 Å². The highest BCUT2D eigenvalue weighted by Crippen LogP contribution is 2.39. The molecule has 0 radical (unpaired) electrons. The van der Waals surface area contributed by atoms with Gasteiger partial charge in [-0.1, -0.05) is 35.4 Å². The van der Waals surface area contributed by atoms with Crippen LogP contribution >= 0.6 is 48.0 Å². The van der Waals surface area contributed by atoms with Gasteiger partial charge in [0.05, 0.1) is 14.9 Å². The maximum atomic E-state index is 12.3. The Morgan fingerprint density at radius 2 is 1.71 bits per heavy atom. The smallest absolute Gasteiger partial charge is 0.340 e. The summed E-state index contributed by atoms with van der Waals surface area (Å²) in [5, 5.41) is -0.927. The molecule has 0 unspecified atom stereocenters. The second kappa shape index (κ2) is 3.92. The largest absolute Gasteiger partial charge is 0.432 e. The molecule has 0 aliphatic heterocycles. The lowest BCUT2D eigenvalue weighted by molar-refractivity contribution is -0.141. The number of aromatic nitrogens is 1. The molecule has 1 heterocycles. The summed E-state index contributed by atoms with van der Waals surface area (Å²) in [7, 11) is 0. The van der Waals surface area contributed by atoms with Gasteiger partial charge in [-0.15, -0.1) is 12.6 Å². The highest BCUT2D eigenvalue weighted by molar-refractivity contribution is 7.81. The van der Waals surface area contributed by atoms with Crippen molar-refractivity contribution in [1.29, 1.82) is 0 Å². The SMILES string of the molecule is FC(F)(F)c1[nH]c(=S)c(S)c(Cl)c1Cl. The molecule has 0 spiro atoms. The molecular weight excluding hydrogens is 278 g/mol. The summed E-state index contributed by atoms with van der Waals surface area (Å²) >= 11 is 19.3. The van der Waals surface area contributed by atoms with Gasteiger partial charge in [-0.3, -0.25) is 0 Å². The second-order valence-corrected chi connectivity index (χ2v) is 3.91. The molecule has 0 saturated heterocycles. The molecule has 8 heteroatoms. The molecule has 0 fully saturated rings. The summed E-state index contributed by atoms with van der Waals surface area (Å²) in [4.78, 5) is 1.95. The van der Waals surface area contributed by atoms with Gasteiger partial charge in [-0.05, 0) is 0 Å². The lowest BCUT2D eigenvalue weighted by Gasteiger charge is -2.10. The summed E-state index contributed by atoms with van der Waals surface area (Å²) < 4.78 is 36.7. The van der Waals surface area contributed by atoms with Gasteiger partial charge in [0, 0.05) is 0 Å². The minimum absolute atomic E-state index is 0.0275. The van der Waals surface area contributed by atoms with E-state index in [1.165, 1.54) is 0 Å². The van der Waals surface area contributed by atoms with Crippen LogP contribution in [-0.2, 0) is 6.18 Å². The van der Waals surface area contributed by atoms with Crippen molar-refractivity contribution in [2.75, 3.05) is 0 Å². The molecule has 0 amide bonds. The first-order valence-corrected chi connectivity index (χ1v) is 4.73. The Morgan fingerprint density at radius 3 is 2.14 bits per heavy atom. The molecule has 0 aromatic carbocycles. The number of H-pyrrole nitrogens is 1. The van der Waals surface area contributed by atoms with Crippen LogP contribution in [0.15, 0.2) is 4.90 Å². The first-order chi connectivity index (χ1) is 6.25. The van der Waals surface area contributed by atoms with Crippen LogP contribution in [0, 0.1) is 4.64 Å². The van der Waals surface area contributed by atoms with Gasteiger partial charge in [-0.25, -0.2) is 0 Å². The number of hydrogen-bond donors (Lipinski definition) is 2. The average molecular weight is 280 g/mol. The Morgan fingerprint density at radius 1 is 1.21 bits per heavy atom. The fraction of sp³-hybridized carbons (Fsp3) is 0.167. The summed E-state index contributed by atoms with van der Waals surface area (Å²) in [5.74, 6) is 0. The van der Waals surface area contributed by atoms with Crippen molar-refractivity contribution >= 4 is 48.0 Å². The van der Waals surface area contributed by atoms with Crippen LogP contribution in [-0.4, -0.2) is 4.98 Å². The zero-order valence-electron chi connectivity index (χ0n) is 6.25. The van der Waals surface area contributed by atoms with Crippen LogP contribution < -0.4 is 0 Å². The van der Waals surface area contributed by atoms with Crippen molar-refractivity contribution in [3.05, 3.63) is 20.4 Å². The van der Waals surface area contributed by atoms with Crippen molar-refractivity contribution < 1.29 is 13.2 Å². The van der Waals surface area contributed by atoms with Crippen LogP contribution in [0.3, 0.4) is 0 Å². The van der Waals surface area contributed by atoms with Crippen LogP contribution in [0.25, 0.3) is 0 Å². The van der Waals surface area contributed by atoms with E-state index in [-0.39, 0.29) is 14.6 Å². The first kappa shape index (κ1) is 12.2. The summed E-state index contributed by atoms with van der Waals surface area (Å²) in [5.41, 5.74) is -1.16. The van der Waals surface area contributed by atoms with E-state index in [1.807, 2.05) is 4.98 Å². The number of aromatic amines is 1. The van der Waals surface area contributed by atoms with Gasteiger partial charge >= 0.3 is 6.18 Å². The zero-order chi connectivity index (χ0) is 11.1. The minimum atomic E-state index is -4.62. The molecule has 1 rings (SSSR count). The topological polar surface area (TPSA) is 15.8 Å². The fourth-order valence-electron chi connectivity index (χ4n) is 0.736. The van der Waals surface area contributed by atoms with E-state index in [0.29, 0.717) is 0 Å². The molecule has 14 heavy (non-hydrogen) atoms. The number of pyridine rings is 1. The van der Waals surface area contributed by atoms with E-state index < -0.39 is 16.9 Å². The monoisotopic (exact) mass is 279 g/mol. The Balaban J connectivity index is 3.57. The number of rotatable bonds is 0. The Labute approximate surface area is 97.6 Å². The summed E-state index contributed by atoms with van der Waals surface area (Å²) in [6.45, 7) is 0. The van der Waals surface area contributed by atoms with E-state index in [9.17, 15) is 13.2 Å². The molecule has 0 aliphatic carbocycles. The van der Waals surface area contributed by atoms with Gasteiger partial charge in [0.25, 0.3) is 0 Å². The number of thiol groups is 1. The van der Waals surface area contributed by atoms with Gasteiger partial charge in [-0.2, -0.15) is 13.2 Å². The molecule has 0 bridgehead atoms. The van der Waals surface area contributed by atoms with Crippen molar-refractivity contribution in [3.8, 4) is 0 Å². The van der Waals surface area contributed by atoms with E-state index >= 15 is 0 Å². The molecule has 1 nitrogen and oxygen atoms in total. The summed E-state index contributed by atoms with van der Waals surface area (Å²) in [6, 6.07) is 0. The highest BCUT2D eigenvalue weighted by Gasteiger charge is 2.35. The van der Waals surface area contributed by atoms with E-state index in [4.69, 9.17) is 23.2 Å². The van der Waals surface area contributed by atoms with Gasteiger partial charge in [0.15, 0.2) is 0 Å². The van der Waals surface area contributed by atoms with Crippen LogP contribution in [0.2, 0.25) is 10.0 Å². The van der Waals surface area contributed by atoms with Crippen molar-refractivity contribution in [2.45, 2.75) is 11.1 Å². The Hall–Kier alpha value is 0.0900. The standard InChI is InChI=1S/C6H2Cl2F3NS2/c7-1-2(8)4(6(9,10)11)12-5(14)3(1)13/h13H,(H,12,14). The van der Waals surface area contributed by atoms with Crippen LogP contribution in [0.1, 0.15) is 5.69 Å². The molecular formula is C6H2Cl2F3NS2. The van der Waals surface area contributed by atoms with Crippen molar-refractivity contribution in [1.82, 2.24) is 4.98 Å². The third kappa shape index (κ3) is 2.18. The lowest BCUT2D eigenvalue weighted by Crippen LogP contribution is -2.09. The van der Waals surface area contributed by atoms with Crippen molar-refractivity contribution in [3.63, 3.8) is 0 Å². The third-order valence-electron chi connectivity index (χ3n) is 1.36. The number of nitrogens with one attached hydrogen (secondary N) is 1. The Bertz CT molecular complexity index is 426. The van der Waals surface area contributed by atoms with Gasteiger partial charge < -0.3 is 4.98 Å². The molecule has 0 atom stereocenters. The number of halogens is 5. The maximum Gasteiger partial charge on any atom is 0.432 e. The molecule has 1 aromatic heterocycles. The summed E-state index contributed by atoms with van der Waals surface area (Å²) in [6.07, 6.45) is -4.62. The van der Waals surface area contributed by atoms with E-state index in [1.54, 1.807) is 0 Å². The average Bonchev–Trinajstić information content (AvgIpc) is 2.06. The molecule has 78 valence electrons. The quantitative estimate of drug-likeness (QED) is 0.533. The molecule has 1 N–H and O–H groups in total. The van der Waals surface area contributed by atoms with Gasteiger partial charge in [0.2, 0.25) is 0 Å². The first-order valence-electron chi connectivity index (χ1n) is 3.12. The molecule has 1 aromatic rings. The lowest BCUT2D eigenvalue weighted by atomic mass is 10.3. The van der Waals surface area contributed by atoms with Crippen LogP contribution in [0.4, 0.5) is 13.2 Å². The maximum absolute atomic E-state index is 12.3. The Kier molecular flexibility index (Phi) is 3.41. The van der Waals surface area contributed by atoms with E-state index in [2.05, 4.69) is 24.8 Å².